The van der Waals surface area contributed by atoms with Gasteiger partial charge in [0.05, 0.1) is 17.4 Å². The van der Waals surface area contributed by atoms with E-state index >= 15 is 0 Å². The molecule has 0 aliphatic rings. The van der Waals surface area contributed by atoms with Crippen molar-refractivity contribution in [2.24, 2.45) is 0 Å². The Morgan fingerprint density at radius 3 is 2.47 bits per heavy atom. The third kappa shape index (κ3) is 2.75. The third-order valence-corrected chi connectivity index (χ3v) is 3.33. The highest BCUT2D eigenvalue weighted by Crippen LogP contribution is 2.24. The van der Waals surface area contributed by atoms with Gasteiger partial charge in [-0.3, -0.25) is 4.68 Å². The summed E-state index contributed by atoms with van der Waals surface area (Å²) in [5.41, 5.74) is 4.44. The minimum atomic E-state index is 0.164. The minimum absolute atomic E-state index is 0.164. The topological polar surface area (TPSA) is 55.6 Å². The highest BCUT2D eigenvalue weighted by atomic mass is 15.3. The molecule has 0 spiro atoms. The summed E-state index contributed by atoms with van der Waals surface area (Å²) in [4.78, 5) is 0. The number of nitrogens with one attached hydrogen (secondary N) is 1. The Balaban J connectivity index is 2.22. The smallest absolute Gasteiger partial charge is 0.149 e. The molecular weight excluding hydrogens is 238 g/mol. The van der Waals surface area contributed by atoms with Crippen molar-refractivity contribution in [2.75, 3.05) is 5.32 Å². The molecule has 0 aliphatic carbocycles. The monoisotopic (exact) mass is 259 g/mol. The normalized spacial score (nSPS) is 12.5. The van der Waals surface area contributed by atoms with Crippen molar-refractivity contribution in [3.63, 3.8) is 0 Å². The fraction of sp³-hybridized carbons (Fsp3) is 0.500. The molecule has 0 aliphatic heterocycles. The Bertz CT molecular complexity index is 556. The number of nitrogens with zero attached hydrogens (tertiary/aromatic N) is 4. The summed E-state index contributed by atoms with van der Waals surface area (Å²) in [5, 5.41) is 16.1. The molecule has 5 heteroatoms. The van der Waals surface area contributed by atoms with Crippen LogP contribution < -0.4 is 5.32 Å². The quantitative estimate of drug-likeness (QED) is 0.917. The van der Waals surface area contributed by atoms with Crippen LogP contribution in [0.5, 0.6) is 0 Å². The lowest BCUT2D eigenvalue weighted by Gasteiger charge is -2.15. The lowest BCUT2D eigenvalue weighted by Crippen LogP contribution is -2.11. The highest BCUT2D eigenvalue weighted by Gasteiger charge is 2.17. The zero-order chi connectivity index (χ0) is 14.0. The molecule has 0 saturated heterocycles. The van der Waals surface area contributed by atoms with Gasteiger partial charge in [-0.05, 0) is 46.8 Å². The molecule has 2 heterocycles. The molecule has 2 aromatic heterocycles. The number of aromatic nitrogens is 4. The molecule has 0 fully saturated rings. The van der Waals surface area contributed by atoms with E-state index in [1.54, 1.807) is 0 Å². The van der Waals surface area contributed by atoms with Crippen LogP contribution in [0.25, 0.3) is 0 Å². The van der Waals surface area contributed by atoms with E-state index in [4.69, 9.17) is 0 Å². The van der Waals surface area contributed by atoms with Crippen LogP contribution in [-0.4, -0.2) is 20.0 Å². The molecule has 1 N–H and O–H groups in total. The van der Waals surface area contributed by atoms with Crippen molar-refractivity contribution in [2.45, 2.75) is 47.2 Å². The van der Waals surface area contributed by atoms with Crippen LogP contribution in [0.2, 0.25) is 0 Å². The molecule has 0 aromatic carbocycles. The molecule has 0 radical (unpaired) electrons. The standard InChI is InChI=1S/C14H21N5/c1-6-19-12(5)14(11(4)18-19)10(3)15-13-8-7-9(2)16-17-13/h7-8,10H,6H2,1-5H3,(H,15,17)/t10-/m0/s1. The average molecular weight is 259 g/mol. The van der Waals surface area contributed by atoms with Crippen LogP contribution in [0.4, 0.5) is 5.82 Å². The molecule has 0 bridgehead atoms. The molecule has 5 nitrogen and oxygen atoms in total. The molecule has 102 valence electrons. The maximum atomic E-state index is 4.55. The largest absolute Gasteiger partial charge is 0.362 e. The van der Waals surface area contributed by atoms with Crippen molar-refractivity contribution in [3.05, 3.63) is 34.8 Å². The second-order valence-electron chi connectivity index (χ2n) is 4.83. The van der Waals surface area contributed by atoms with E-state index < -0.39 is 0 Å². The van der Waals surface area contributed by atoms with Gasteiger partial charge in [0.2, 0.25) is 0 Å². The second kappa shape index (κ2) is 5.38. The molecule has 2 rings (SSSR count). The van der Waals surface area contributed by atoms with Gasteiger partial charge in [-0.15, -0.1) is 5.10 Å². The van der Waals surface area contributed by atoms with E-state index in [-0.39, 0.29) is 6.04 Å². The lowest BCUT2D eigenvalue weighted by molar-refractivity contribution is 0.632. The molecule has 0 saturated carbocycles. The van der Waals surface area contributed by atoms with Crippen LogP contribution in [0.1, 0.15) is 42.5 Å². The summed E-state index contributed by atoms with van der Waals surface area (Å²) in [6.07, 6.45) is 0. The van der Waals surface area contributed by atoms with E-state index in [0.29, 0.717) is 0 Å². The van der Waals surface area contributed by atoms with E-state index in [0.717, 1.165) is 23.8 Å². The van der Waals surface area contributed by atoms with E-state index in [1.807, 2.05) is 30.7 Å². The summed E-state index contributed by atoms with van der Waals surface area (Å²) in [6, 6.07) is 4.07. The van der Waals surface area contributed by atoms with Crippen LogP contribution in [0.3, 0.4) is 0 Å². The highest BCUT2D eigenvalue weighted by molar-refractivity contribution is 5.39. The Morgan fingerprint density at radius 2 is 1.95 bits per heavy atom. The van der Waals surface area contributed by atoms with Crippen molar-refractivity contribution in [1.29, 1.82) is 0 Å². The predicted molar refractivity (Wildman–Crippen MR) is 76.2 cm³/mol. The Labute approximate surface area is 114 Å². The molecule has 0 amide bonds. The maximum absolute atomic E-state index is 4.55. The third-order valence-electron chi connectivity index (χ3n) is 3.33. The van der Waals surface area contributed by atoms with Crippen molar-refractivity contribution >= 4 is 5.82 Å². The fourth-order valence-corrected chi connectivity index (χ4v) is 2.42. The number of anilines is 1. The van der Waals surface area contributed by atoms with Gasteiger partial charge in [0, 0.05) is 17.8 Å². The van der Waals surface area contributed by atoms with Crippen molar-refractivity contribution in [3.8, 4) is 0 Å². The fourth-order valence-electron chi connectivity index (χ4n) is 2.42. The van der Waals surface area contributed by atoms with Crippen molar-refractivity contribution < 1.29 is 0 Å². The van der Waals surface area contributed by atoms with E-state index in [2.05, 4.69) is 41.4 Å². The van der Waals surface area contributed by atoms with E-state index in [9.17, 15) is 0 Å². The molecule has 2 aromatic rings. The summed E-state index contributed by atoms with van der Waals surface area (Å²) in [5.74, 6) is 0.793. The first-order valence-corrected chi connectivity index (χ1v) is 6.63. The van der Waals surface area contributed by atoms with Gasteiger partial charge in [0.1, 0.15) is 5.82 Å². The minimum Gasteiger partial charge on any atom is -0.362 e. The second-order valence-corrected chi connectivity index (χ2v) is 4.83. The maximum Gasteiger partial charge on any atom is 0.149 e. The van der Waals surface area contributed by atoms with Gasteiger partial charge in [0.15, 0.2) is 0 Å². The summed E-state index contributed by atoms with van der Waals surface area (Å²) in [7, 11) is 0. The zero-order valence-electron chi connectivity index (χ0n) is 12.2. The van der Waals surface area contributed by atoms with Crippen LogP contribution in [0.15, 0.2) is 12.1 Å². The summed E-state index contributed by atoms with van der Waals surface area (Å²) in [6.45, 7) is 11.2. The van der Waals surface area contributed by atoms with Crippen LogP contribution in [0, 0.1) is 20.8 Å². The van der Waals surface area contributed by atoms with Crippen molar-refractivity contribution in [1.82, 2.24) is 20.0 Å². The van der Waals surface area contributed by atoms with Gasteiger partial charge in [0.25, 0.3) is 0 Å². The number of aryl methyl sites for hydroxylation is 3. The Kier molecular flexibility index (Phi) is 3.83. The summed E-state index contributed by atoms with van der Waals surface area (Å²) < 4.78 is 2.03. The number of hydrogen-bond acceptors (Lipinski definition) is 4. The molecule has 1 atom stereocenters. The first-order valence-electron chi connectivity index (χ1n) is 6.63. The van der Waals surface area contributed by atoms with Gasteiger partial charge in [-0.25, -0.2) is 0 Å². The Hall–Kier alpha value is -1.91. The van der Waals surface area contributed by atoms with Gasteiger partial charge in [-0.2, -0.15) is 10.2 Å². The molecular formula is C14H21N5. The first kappa shape index (κ1) is 13.5. The van der Waals surface area contributed by atoms with Crippen LogP contribution >= 0.6 is 0 Å². The Morgan fingerprint density at radius 1 is 1.21 bits per heavy atom. The van der Waals surface area contributed by atoms with E-state index in [1.165, 1.54) is 11.3 Å². The van der Waals surface area contributed by atoms with Gasteiger partial charge in [-0.1, -0.05) is 0 Å². The van der Waals surface area contributed by atoms with Crippen LogP contribution in [-0.2, 0) is 6.54 Å². The summed E-state index contributed by atoms with van der Waals surface area (Å²) >= 11 is 0. The lowest BCUT2D eigenvalue weighted by atomic mass is 10.1. The molecule has 19 heavy (non-hydrogen) atoms. The number of hydrogen-bond donors (Lipinski definition) is 1. The average Bonchev–Trinajstić information content (AvgIpc) is 2.67. The van der Waals surface area contributed by atoms with Gasteiger partial charge < -0.3 is 5.32 Å². The first-order chi connectivity index (χ1) is 9.02. The molecule has 0 unspecified atom stereocenters. The predicted octanol–water partition coefficient (Wildman–Crippen LogP) is 2.79. The zero-order valence-corrected chi connectivity index (χ0v) is 12.2. The number of rotatable bonds is 4. The SMILES string of the molecule is CCn1nc(C)c([C@H](C)Nc2ccc(C)nn2)c1C. The van der Waals surface area contributed by atoms with Gasteiger partial charge >= 0.3 is 0 Å².